The van der Waals surface area contributed by atoms with Crippen LogP contribution in [0.25, 0.3) is 0 Å². The van der Waals surface area contributed by atoms with Crippen LogP contribution in [0, 0.1) is 0 Å². The van der Waals surface area contributed by atoms with E-state index in [9.17, 15) is 0 Å². The van der Waals surface area contributed by atoms with Gasteiger partial charge in [0.1, 0.15) is 0 Å². The van der Waals surface area contributed by atoms with E-state index in [-0.39, 0.29) is 0 Å². The van der Waals surface area contributed by atoms with Crippen molar-refractivity contribution in [2.75, 3.05) is 11.9 Å². The number of hydrogen-bond acceptors (Lipinski definition) is 4. The molecule has 0 saturated carbocycles. The van der Waals surface area contributed by atoms with E-state index in [1.165, 1.54) is 0 Å². The van der Waals surface area contributed by atoms with Crippen LogP contribution in [0.1, 0.15) is 12.1 Å². The van der Waals surface area contributed by atoms with Crippen LogP contribution in [0.5, 0.6) is 0 Å². The Bertz CT molecular complexity index is 370. The molecule has 0 atom stereocenters. The Morgan fingerprint density at radius 3 is 2.80 bits per heavy atom. The second-order valence-corrected chi connectivity index (χ2v) is 3.18. The summed E-state index contributed by atoms with van der Waals surface area (Å²) >= 11 is 0. The maximum Gasteiger partial charge on any atom is 0.222 e. The monoisotopic (exact) mass is 203 g/mol. The number of aromatic amines is 1. The molecule has 0 bridgehead atoms. The van der Waals surface area contributed by atoms with Crippen molar-refractivity contribution in [3.8, 4) is 0 Å². The SMILES string of the molecule is c1cnc(NCCCc2ccn[nH]2)nc1. The number of hydrogen-bond donors (Lipinski definition) is 2. The van der Waals surface area contributed by atoms with Gasteiger partial charge in [0.15, 0.2) is 0 Å². The highest BCUT2D eigenvalue weighted by Crippen LogP contribution is 1.99. The fourth-order valence-corrected chi connectivity index (χ4v) is 1.29. The predicted molar refractivity (Wildman–Crippen MR) is 57.4 cm³/mol. The Kier molecular flexibility index (Phi) is 3.27. The van der Waals surface area contributed by atoms with E-state index in [1.54, 1.807) is 24.7 Å². The molecule has 0 unspecified atom stereocenters. The molecule has 2 heterocycles. The molecule has 0 aromatic carbocycles. The van der Waals surface area contributed by atoms with Crippen molar-refractivity contribution in [3.63, 3.8) is 0 Å². The van der Waals surface area contributed by atoms with E-state index >= 15 is 0 Å². The van der Waals surface area contributed by atoms with E-state index in [2.05, 4.69) is 25.5 Å². The normalized spacial score (nSPS) is 10.1. The number of H-pyrrole nitrogens is 1. The Morgan fingerprint density at radius 2 is 2.07 bits per heavy atom. The smallest absolute Gasteiger partial charge is 0.222 e. The third kappa shape index (κ3) is 3.05. The molecule has 78 valence electrons. The first kappa shape index (κ1) is 9.64. The van der Waals surface area contributed by atoms with Crippen LogP contribution in [0.3, 0.4) is 0 Å². The quantitative estimate of drug-likeness (QED) is 0.717. The second kappa shape index (κ2) is 5.09. The van der Waals surface area contributed by atoms with Crippen molar-refractivity contribution < 1.29 is 0 Å². The summed E-state index contributed by atoms with van der Waals surface area (Å²) in [6.45, 7) is 0.864. The number of nitrogens with one attached hydrogen (secondary N) is 2. The summed E-state index contributed by atoms with van der Waals surface area (Å²) in [5, 5.41) is 9.97. The number of rotatable bonds is 5. The molecule has 0 aliphatic rings. The summed E-state index contributed by atoms with van der Waals surface area (Å²) < 4.78 is 0. The lowest BCUT2D eigenvalue weighted by atomic mass is 10.2. The highest BCUT2D eigenvalue weighted by Gasteiger charge is 1.95. The lowest BCUT2D eigenvalue weighted by Gasteiger charge is -2.02. The van der Waals surface area contributed by atoms with Crippen molar-refractivity contribution in [3.05, 3.63) is 36.4 Å². The maximum absolute atomic E-state index is 4.07. The molecule has 0 fully saturated rings. The van der Waals surface area contributed by atoms with Crippen LogP contribution in [0.4, 0.5) is 5.95 Å². The van der Waals surface area contributed by atoms with Gasteiger partial charge in [0.05, 0.1) is 0 Å². The van der Waals surface area contributed by atoms with E-state index in [1.807, 2.05) is 6.07 Å². The molecule has 15 heavy (non-hydrogen) atoms. The molecular formula is C10H13N5. The standard InChI is InChI=1S/C10H13N5/c1(3-9-4-8-14-15-9)5-11-10-12-6-2-7-13-10/h2,4,6-8H,1,3,5H2,(H,14,15)(H,11,12,13). The third-order valence-electron chi connectivity index (χ3n) is 2.03. The van der Waals surface area contributed by atoms with Crippen molar-refractivity contribution in [2.24, 2.45) is 0 Å². The van der Waals surface area contributed by atoms with Gasteiger partial charge in [-0.3, -0.25) is 5.10 Å². The fraction of sp³-hybridized carbons (Fsp3) is 0.300. The van der Waals surface area contributed by atoms with E-state index in [0.717, 1.165) is 25.1 Å². The van der Waals surface area contributed by atoms with Gasteiger partial charge in [0, 0.05) is 30.8 Å². The van der Waals surface area contributed by atoms with Crippen LogP contribution in [-0.4, -0.2) is 26.7 Å². The first-order chi connectivity index (χ1) is 7.45. The van der Waals surface area contributed by atoms with Gasteiger partial charge in [-0.2, -0.15) is 5.10 Å². The zero-order chi connectivity index (χ0) is 10.3. The number of nitrogens with zero attached hydrogens (tertiary/aromatic N) is 3. The van der Waals surface area contributed by atoms with Gasteiger partial charge >= 0.3 is 0 Å². The van der Waals surface area contributed by atoms with E-state index in [0.29, 0.717) is 5.95 Å². The highest BCUT2D eigenvalue weighted by molar-refractivity contribution is 5.21. The van der Waals surface area contributed by atoms with Gasteiger partial charge in [0.25, 0.3) is 0 Å². The maximum atomic E-state index is 4.07. The summed E-state index contributed by atoms with van der Waals surface area (Å²) in [7, 11) is 0. The molecule has 2 aromatic heterocycles. The molecule has 0 amide bonds. The van der Waals surface area contributed by atoms with E-state index in [4.69, 9.17) is 0 Å². The van der Waals surface area contributed by atoms with Crippen LogP contribution in [0.2, 0.25) is 0 Å². The van der Waals surface area contributed by atoms with Gasteiger partial charge in [0.2, 0.25) is 5.95 Å². The third-order valence-corrected chi connectivity index (χ3v) is 2.03. The van der Waals surface area contributed by atoms with Crippen LogP contribution < -0.4 is 5.32 Å². The zero-order valence-electron chi connectivity index (χ0n) is 8.35. The minimum Gasteiger partial charge on any atom is -0.354 e. The van der Waals surface area contributed by atoms with Gasteiger partial charge in [-0.1, -0.05) is 0 Å². The van der Waals surface area contributed by atoms with Crippen molar-refractivity contribution in [2.45, 2.75) is 12.8 Å². The number of aryl methyl sites for hydroxylation is 1. The number of aromatic nitrogens is 4. The van der Waals surface area contributed by atoms with Gasteiger partial charge in [-0.15, -0.1) is 0 Å². The number of anilines is 1. The highest BCUT2D eigenvalue weighted by atomic mass is 15.1. The molecule has 2 rings (SSSR count). The molecule has 0 radical (unpaired) electrons. The summed E-state index contributed by atoms with van der Waals surface area (Å²) in [6.07, 6.45) is 7.23. The fourth-order valence-electron chi connectivity index (χ4n) is 1.29. The van der Waals surface area contributed by atoms with Gasteiger partial charge in [-0.25, -0.2) is 9.97 Å². The Morgan fingerprint density at radius 1 is 1.20 bits per heavy atom. The summed E-state index contributed by atoms with van der Waals surface area (Å²) in [5.74, 6) is 0.683. The van der Waals surface area contributed by atoms with Crippen LogP contribution in [0.15, 0.2) is 30.7 Å². The largest absolute Gasteiger partial charge is 0.354 e. The average molecular weight is 203 g/mol. The van der Waals surface area contributed by atoms with E-state index < -0.39 is 0 Å². The van der Waals surface area contributed by atoms with Crippen LogP contribution >= 0.6 is 0 Å². The van der Waals surface area contributed by atoms with Gasteiger partial charge < -0.3 is 5.32 Å². The molecule has 2 aromatic rings. The molecule has 0 spiro atoms. The molecular weight excluding hydrogens is 190 g/mol. The molecule has 0 aliphatic carbocycles. The molecule has 5 heteroatoms. The molecule has 2 N–H and O–H groups in total. The summed E-state index contributed by atoms with van der Waals surface area (Å²) in [5.41, 5.74) is 1.16. The molecule has 0 aliphatic heterocycles. The first-order valence-electron chi connectivity index (χ1n) is 4.94. The zero-order valence-corrected chi connectivity index (χ0v) is 8.35. The van der Waals surface area contributed by atoms with Crippen molar-refractivity contribution in [1.82, 2.24) is 20.2 Å². The minimum absolute atomic E-state index is 0.683. The van der Waals surface area contributed by atoms with Crippen molar-refractivity contribution in [1.29, 1.82) is 0 Å². The second-order valence-electron chi connectivity index (χ2n) is 3.18. The molecule has 5 nitrogen and oxygen atoms in total. The summed E-state index contributed by atoms with van der Waals surface area (Å²) in [4.78, 5) is 8.14. The summed E-state index contributed by atoms with van der Waals surface area (Å²) in [6, 6.07) is 3.79. The Hall–Kier alpha value is -1.91. The Balaban J connectivity index is 1.68. The Labute approximate surface area is 88.0 Å². The predicted octanol–water partition coefficient (Wildman–Crippen LogP) is 1.24. The van der Waals surface area contributed by atoms with Crippen molar-refractivity contribution >= 4 is 5.95 Å². The topological polar surface area (TPSA) is 66.5 Å². The average Bonchev–Trinajstić information content (AvgIpc) is 2.79. The van der Waals surface area contributed by atoms with Crippen LogP contribution in [-0.2, 0) is 6.42 Å². The minimum atomic E-state index is 0.683. The molecule has 0 saturated heterocycles. The lowest BCUT2D eigenvalue weighted by Crippen LogP contribution is -2.05. The van der Waals surface area contributed by atoms with Gasteiger partial charge in [-0.05, 0) is 25.0 Å². The first-order valence-corrected chi connectivity index (χ1v) is 4.94. The lowest BCUT2D eigenvalue weighted by molar-refractivity contribution is 0.820.